The number of urea groups is 1. The minimum absolute atomic E-state index is 0.216. The van der Waals surface area contributed by atoms with Crippen molar-refractivity contribution in [1.82, 2.24) is 14.9 Å². The Morgan fingerprint density at radius 1 is 0.967 bits per heavy atom. The Labute approximate surface area is 175 Å². The molecule has 9 heteroatoms. The smallest absolute Gasteiger partial charge is 0.341 e. The van der Waals surface area contributed by atoms with Gasteiger partial charge in [-0.05, 0) is 41.8 Å². The van der Waals surface area contributed by atoms with Gasteiger partial charge in [-0.15, -0.1) is 10.2 Å². The molecule has 0 atom stereocenters. The van der Waals surface area contributed by atoms with Crippen molar-refractivity contribution in [2.24, 2.45) is 0 Å². The standard InChI is InChI=1S/C21H25N5O4/c1-5-15-6-8-17(9-7-15)24-21(27)26(25-13-22-23-14-25)12-16-10-18(28-2)20(30-4)19(11-16)29-3/h6-11,13-14H,5,12H2,1-4H3,(H,24,27). The SMILES string of the molecule is CCc1ccc(NC(=O)N(Cc2cc(OC)c(OC)c(OC)c2)n2cnnc2)cc1. The molecule has 1 N–H and O–H groups in total. The first-order chi connectivity index (χ1) is 14.6. The molecule has 1 heterocycles. The van der Waals surface area contributed by atoms with Crippen molar-refractivity contribution in [3.8, 4) is 17.2 Å². The summed E-state index contributed by atoms with van der Waals surface area (Å²) >= 11 is 0. The number of rotatable bonds is 8. The maximum Gasteiger partial charge on any atom is 0.341 e. The molecule has 0 saturated heterocycles. The molecule has 0 aliphatic heterocycles. The number of hydrogen-bond acceptors (Lipinski definition) is 6. The van der Waals surface area contributed by atoms with Crippen LogP contribution in [-0.4, -0.2) is 42.2 Å². The third-order valence-electron chi connectivity index (χ3n) is 4.59. The number of carbonyl (C=O) groups is 1. The van der Waals surface area contributed by atoms with Crippen molar-refractivity contribution in [1.29, 1.82) is 0 Å². The van der Waals surface area contributed by atoms with Crippen LogP contribution in [0.2, 0.25) is 0 Å². The minimum atomic E-state index is -0.340. The summed E-state index contributed by atoms with van der Waals surface area (Å²) in [6.07, 6.45) is 3.84. The zero-order valence-corrected chi connectivity index (χ0v) is 17.5. The van der Waals surface area contributed by atoms with Crippen molar-refractivity contribution in [2.45, 2.75) is 19.9 Å². The lowest BCUT2D eigenvalue weighted by Crippen LogP contribution is -2.42. The lowest BCUT2D eigenvalue weighted by molar-refractivity contribution is 0.251. The van der Waals surface area contributed by atoms with Gasteiger partial charge < -0.3 is 19.5 Å². The lowest BCUT2D eigenvalue weighted by atomic mass is 10.1. The zero-order chi connectivity index (χ0) is 21.5. The van der Waals surface area contributed by atoms with Crippen LogP contribution in [0.5, 0.6) is 17.2 Å². The van der Waals surface area contributed by atoms with E-state index >= 15 is 0 Å². The summed E-state index contributed by atoms with van der Waals surface area (Å²) in [5.74, 6) is 1.50. The fourth-order valence-electron chi connectivity index (χ4n) is 2.99. The third-order valence-corrected chi connectivity index (χ3v) is 4.59. The van der Waals surface area contributed by atoms with Crippen molar-refractivity contribution >= 4 is 11.7 Å². The molecule has 0 bridgehead atoms. The van der Waals surface area contributed by atoms with E-state index in [1.807, 2.05) is 24.3 Å². The molecule has 0 saturated carbocycles. The molecule has 0 radical (unpaired) electrons. The highest BCUT2D eigenvalue weighted by Crippen LogP contribution is 2.38. The molecule has 0 unspecified atom stereocenters. The van der Waals surface area contributed by atoms with Gasteiger partial charge in [-0.3, -0.25) is 0 Å². The summed E-state index contributed by atoms with van der Waals surface area (Å²) in [6, 6.07) is 11.0. The molecule has 2 aromatic carbocycles. The number of ether oxygens (including phenoxy) is 3. The summed E-state index contributed by atoms with van der Waals surface area (Å²) in [6.45, 7) is 2.30. The predicted octanol–water partition coefficient (Wildman–Crippen LogP) is 3.24. The van der Waals surface area contributed by atoms with E-state index in [2.05, 4.69) is 22.4 Å². The molecule has 2 amide bonds. The van der Waals surface area contributed by atoms with E-state index in [0.717, 1.165) is 12.0 Å². The van der Waals surface area contributed by atoms with Crippen molar-refractivity contribution in [2.75, 3.05) is 31.7 Å². The van der Waals surface area contributed by atoms with Gasteiger partial charge in [0.2, 0.25) is 5.75 Å². The summed E-state index contributed by atoms with van der Waals surface area (Å²) in [7, 11) is 4.64. The van der Waals surface area contributed by atoms with E-state index in [1.165, 1.54) is 27.9 Å². The number of nitrogens with zero attached hydrogens (tertiary/aromatic N) is 4. The number of nitrogens with one attached hydrogen (secondary N) is 1. The minimum Gasteiger partial charge on any atom is -0.493 e. The second kappa shape index (κ2) is 9.64. The second-order valence-electron chi connectivity index (χ2n) is 6.41. The van der Waals surface area contributed by atoms with Gasteiger partial charge in [0.25, 0.3) is 0 Å². The number of methoxy groups -OCH3 is 3. The summed E-state index contributed by atoms with van der Waals surface area (Å²) in [5.41, 5.74) is 2.66. The number of anilines is 1. The average molecular weight is 411 g/mol. The lowest BCUT2D eigenvalue weighted by Gasteiger charge is -2.24. The Hall–Kier alpha value is -3.75. The highest BCUT2D eigenvalue weighted by Gasteiger charge is 2.20. The van der Waals surface area contributed by atoms with Crippen molar-refractivity contribution < 1.29 is 19.0 Å². The van der Waals surface area contributed by atoms with Gasteiger partial charge in [0.05, 0.1) is 27.9 Å². The quantitative estimate of drug-likeness (QED) is 0.612. The molecule has 0 spiro atoms. The van der Waals surface area contributed by atoms with Gasteiger partial charge in [-0.25, -0.2) is 14.5 Å². The third kappa shape index (κ3) is 4.62. The van der Waals surface area contributed by atoms with E-state index in [-0.39, 0.29) is 12.6 Å². The topological polar surface area (TPSA) is 90.7 Å². The normalized spacial score (nSPS) is 10.4. The van der Waals surface area contributed by atoms with Crippen LogP contribution >= 0.6 is 0 Å². The molecule has 3 aromatic rings. The highest BCUT2D eigenvalue weighted by atomic mass is 16.5. The number of benzene rings is 2. The van der Waals surface area contributed by atoms with Gasteiger partial charge in [0.1, 0.15) is 12.7 Å². The van der Waals surface area contributed by atoms with Crippen molar-refractivity contribution in [3.05, 3.63) is 60.2 Å². The van der Waals surface area contributed by atoms with Crippen LogP contribution in [0.15, 0.2) is 49.1 Å². The van der Waals surface area contributed by atoms with Crippen LogP contribution in [0.3, 0.4) is 0 Å². The van der Waals surface area contributed by atoms with Gasteiger partial charge in [-0.1, -0.05) is 19.1 Å². The van der Waals surface area contributed by atoms with E-state index in [1.54, 1.807) is 33.5 Å². The van der Waals surface area contributed by atoms with Crippen LogP contribution in [0.25, 0.3) is 0 Å². The molecule has 0 fully saturated rings. The average Bonchev–Trinajstić information content (AvgIpc) is 3.31. The van der Waals surface area contributed by atoms with E-state index in [9.17, 15) is 4.79 Å². The number of carbonyl (C=O) groups excluding carboxylic acids is 1. The van der Waals surface area contributed by atoms with Gasteiger partial charge in [0.15, 0.2) is 11.5 Å². The zero-order valence-electron chi connectivity index (χ0n) is 17.5. The summed E-state index contributed by atoms with van der Waals surface area (Å²) in [5, 5.41) is 12.0. The maximum absolute atomic E-state index is 13.1. The van der Waals surface area contributed by atoms with Crippen LogP contribution < -0.4 is 24.5 Å². The fourth-order valence-corrected chi connectivity index (χ4v) is 2.99. The largest absolute Gasteiger partial charge is 0.493 e. The maximum atomic E-state index is 13.1. The first-order valence-corrected chi connectivity index (χ1v) is 9.40. The number of aryl methyl sites for hydroxylation is 1. The highest BCUT2D eigenvalue weighted by molar-refractivity contribution is 5.96. The molecular weight excluding hydrogens is 386 g/mol. The summed E-state index contributed by atoms with van der Waals surface area (Å²) in [4.78, 5) is 13.1. The number of amides is 2. The number of hydrogen-bond donors (Lipinski definition) is 1. The molecule has 0 aliphatic rings. The molecule has 9 nitrogen and oxygen atoms in total. The van der Waals surface area contributed by atoms with Gasteiger partial charge in [0, 0.05) is 5.69 Å². The molecule has 3 rings (SSSR count). The first-order valence-electron chi connectivity index (χ1n) is 9.40. The Morgan fingerprint density at radius 3 is 2.07 bits per heavy atom. The van der Waals surface area contributed by atoms with E-state index < -0.39 is 0 Å². The number of aromatic nitrogens is 3. The van der Waals surface area contributed by atoms with Crippen LogP contribution in [0.4, 0.5) is 10.5 Å². The van der Waals surface area contributed by atoms with E-state index in [4.69, 9.17) is 14.2 Å². The summed E-state index contributed by atoms with van der Waals surface area (Å²) < 4.78 is 17.7. The molecular formula is C21H25N5O4. The fraction of sp³-hybridized carbons (Fsp3) is 0.286. The van der Waals surface area contributed by atoms with Crippen LogP contribution in [0.1, 0.15) is 18.1 Å². The van der Waals surface area contributed by atoms with Gasteiger partial charge >= 0.3 is 6.03 Å². The molecule has 0 aliphatic carbocycles. The molecule has 30 heavy (non-hydrogen) atoms. The predicted molar refractivity (Wildman–Crippen MR) is 113 cm³/mol. The Kier molecular flexibility index (Phi) is 6.74. The monoisotopic (exact) mass is 411 g/mol. The first kappa shape index (κ1) is 21.0. The Bertz CT molecular complexity index is 949. The van der Waals surface area contributed by atoms with Crippen molar-refractivity contribution in [3.63, 3.8) is 0 Å². The Balaban J connectivity index is 1.88. The van der Waals surface area contributed by atoms with Crippen LogP contribution in [0, 0.1) is 0 Å². The Morgan fingerprint density at radius 2 is 1.57 bits per heavy atom. The van der Waals surface area contributed by atoms with E-state index in [0.29, 0.717) is 22.9 Å². The molecule has 158 valence electrons. The van der Waals surface area contributed by atoms with Gasteiger partial charge in [-0.2, -0.15) is 0 Å². The second-order valence-corrected chi connectivity index (χ2v) is 6.41. The van der Waals surface area contributed by atoms with Crippen LogP contribution in [-0.2, 0) is 13.0 Å². The molecule has 1 aromatic heterocycles.